The number of nitrogens with one attached hydrogen (secondary N) is 1. The summed E-state index contributed by atoms with van der Waals surface area (Å²) in [6.45, 7) is 2.12. The van der Waals surface area contributed by atoms with Crippen molar-refractivity contribution in [2.24, 2.45) is 0 Å². The summed E-state index contributed by atoms with van der Waals surface area (Å²) in [5.74, 6) is 1.61. The molecule has 3 nitrogen and oxygen atoms in total. The first kappa shape index (κ1) is 13.6. The van der Waals surface area contributed by atoms with Crippen LogP contribution < -0.4 is 10.1 Å². The second-order valence-electron chi connectivity index (χ2n) is 5.02. The highest BCUT2D eigenvalue weighted by Gasteiger charge is 2.07. The van der Waals surface area contributed by atoms with Gasteiger partial charge in [0.1, 0.15) is 11.3 Å². The zero-order chi connectivity index (χ0) is 14.7. The quantitative estimate of drug-likeness (QED) is 0.772. The second-order valence-corrected chi connectivity index (χ2v) is 5.02. The molecular formula is C18H18N2O. The van der Waals surface area contributed by atoms with E-state index in [2.05, 4.69) is 29.4 Å². The average molecular weight is 278 g/mol. The molecule has 0 saturated heterocycles. The van der Waals surface area contributed by atoms with E-state index in [1.807, 2.05) is 49.5 Å². The number of pyridine rings is 1. The van der Waals surface area contributed by atoms with Gasteiger partial charge in [-0.15, -0.1) is 0 Å². The van der Waals surface area contributed by atoms with Crippen molar-refractivity contribution in [2.75, 3.05) is 7.05 Å². The summed E-state index contributed by atoms with van der Waals surface area (Å²) < 4.78 is 6.04. The number of aromatic nitrogens is 1. The van der Waals surface area contributed by atoms with Gasteiger partial charge in [0.25, 0.3) is 0 Å². The molecule has 0 radical (unpaired) electrons. The van der Waals surface area contributed by atoms with E-state index in [-0.39, 0.29) is 0 Å². The lowest BCUT2D eigenvalue weighted by molar-refractivity contribution is 0.485. The molecule has 1 N–H and O–H groups in total. The van der Waals surface area contributed by atoms with Gasteiger partial charge in [0.2, 0.25) is 0 Å². The van der Waals surface area contributed by atoms with Gasteiger partial charge in [-0.3, -0.25) is 4.98 Å². The summed E-state index contributed by atoms with van der Waals surface area (Å²) in [6.07, 6.45) is 1.79. The molecule has 0 amide bonds. The molecule has 2 aromatic carbocycles. The van der Waals surface area contributed by atoms with Crippen molar-refractivity contribution in [3.8, 4) is 11.5 Å². The third kappa shape index (κ3) is 2.88. The number of rotatable bonds is 4. The maximum atomic E-state index is 6.04. The first-order chi connectivity index (χ1) is 10.3. The van der Waals surface area contributed by atoms with Gasteiger partial charge in [-0.2, -0.15) is 0 Å². The lowest BCUT2D eigenvalue weighted by atomic mass is 10.1. The van der Waals surface area contributed by atoms with Gasteiger partial charge in [0, 0.05) is 17.6 Å². The Balaban J connectivity index is 1.95. The number of hydrogen-bond acceptors (Lipinski definition) is 3. The molecule has 0 fully saturated rings. The predicted octanol–water partition coefficient (Wildman–Crippen LogP) is 4.31. The minimum atomic E-state index is 0.291. The number of nitrogens with zero attached hydrogens (tertiary/aromatic N) is 1. The van der Waals surface area contributed by atoms with E-state index in [0.717, 1.165) is 22.4 Å². The van der Waals surface area contributed by atoms with E-state index < -0.39 is 0 Å². The minimum Gasteiger partial charge on any atom is -0.455 e. The zero-order valence-electron chi connectivity index (χ0n) is 12.2. The van der Waals surface area contributed by atoms with Crippen molar-refractivity contribution in [1.82, 2.24) is 10.3 Å². The largest absolute Gasteiger partial charge is 0.455 e. The Morgan fingerprint density at radius 1 is 1.05 bits per heavy atom. The fourth-order valence-electron chi connectivity index (χ4n) is 2.30. The highest BCUT2D eigenvalue weighted by Crippen LogP contribution is 2.29. The molecule has 1 aromatic heterocycles. The first-order valence-electron chi connectivity index (χ1n) is 7.07. The Hall–Kier alpha value is -2.39. The van der Waals surface area contributed by atoms with Crippen molar-refractivity contribution >= 4 is 10.9 Å². The second kappa shape index (κ2) is 5.94. The number of hydrogen-bond donors (Lipinski definition) is 1. The average Bonchev–Trinajstić information content (AvgIpc) is 2.55. The van der Waals surface area contributed by atoms with Crippen molar-refractivity contribution in [2.45, 2.75) is 13.0 Å². The van der Waals surface area contributed by atoms with Crippen LogP contribution in [0, 0.1) is 0 Å². The van der Waals surface area contributed by atoms with Crippen LogP contribution >= 0.6 is 0 Å². The standard InChI is InChI=1S/C18H18N2O/c1-13(19-2)15-7-3-9-16(12-15)21-17-10-4-6-14-8-5-11-20-18(14)17/h3-13,19H,1-2H3. The minimum absolute atomic E-state index is 0.291. The maximum Gasteiger partial charge on any atom is 0.153 e. The predicted molar refractivity (Wildman–Crippen MR) is 85.7 cm³/mol. The summed E-state index contributed by atoms with van der Waals surface area (Å²) in [6, 6.07) is 18.4. The summed E-state index contributed by atoms with van der Waals surface area (Å²) in [7, 11) is 1.95. The molecule has 0 aliphatic carbocycles. The van der Waals surface area contributed by atoms with Crippen molar-refractivity contribution in [1.29, 1.82) is 0 Å². The fourth-order valence-corrected chi connectivity index (χ4v) is 2.30. The molecule has 1 atom stereocenters. The molecule has 106 valence electrons. The number of para-hydroxylation sites is 1. The van der Waals surface area contributed by atoms with Crippen LogP contribution in [0.2, 0.25) is 0 Å². The van der Waals surface area contributed by atoms with Gasteiger partial charge < -0.3 is 10.1 Å². The molecule has 0 spiro atoms. The Morgan fingerprint density at radius 3 is 2.71 bits per heavy atom. The molecule has 3 aromatic rings. The van der Waals surface area contributed by atoms with E-state index in [4.69, 9.17) is 4.74 Å². The Morgan fingerprint density at radius 2 is 1.86 bits per heavy atom. The van der Waals surface area contributed by atoms with Crippen LogP contribution in [0.15, 0.2) is 60.8 Å². The SMILES string of the molecule is CNC(C)c1cccc(Oc2cccc3cccnc23)c1. The molecular weight excluding hydrogens is 260 g/mol. The van der Waals surface area contributed by atoms with E-state index in [1.165, 1.54) is 5.56 Å². The lowest BCUT2D eigenvalue weighted by Crippen LogP contribution is -2.12. The van der Waals surface area contributed by atoms with Crippen molar-refractivity contribution in [3.05, 3.63) is 66.4 Å². The van der Waals surface area contributed by atoms with Crippen LogP contribution in [0.5, 0.6) is 11.5 Å². The summed E-state index contributed by atoms with van der Waals surface area (Å²) in [5, 5.41) is 4.31. The van der Waals surface area contributed by atoms with E-state index >= 15 is 0 Å². The van der Waals surface area contributed by atoms with E-state index in [0.29, 0.717) is 6.04 Å². The Labute approximate surface area is 124 Å². The van der Waals surface area contributed by atoms with Crippen LogP contribution in [0.25, 0.3) is 10.9 Å². The topological polar surface area (TPSA) is 34.1 Å². The third-order valence-electron chi connectivity index (χ3n) is 3.61. The monoisotopic (exact) mass is 278 g/mol. The highest BCUT2D eigenvalue weighted by molar-refractivity contribution is 5.84. The molecule has 0 aliphatic rings. The zero-order valence-corrected chi connectivity index (χ0v) is 12.2. The molecule has 1 unspecified atom stereocenters. The van der Waals surface area contributed by atoms with Crippen LogP contribution in [0.3, 0.4) is 0 Å². The number of ether oxygens (including phenoxy) is 1. The highest BCUT2D eigenvalue weighted by atomic mass is 16.5. The van der Waals surface area contributed by atoms with Crippen LogP contribution in [-0.4, -0.2) is 12.0 Å². The molecule has 21 heavy (non-hydrogen) atoms. The molecule has 3 heteroatoms. The lowest BCUT2D eigenvalue weighted by Gasteiger charge is -2.13. The molecule has 0 aliphatic heterocycles. The summed E-state index contributed by atoms with van der Waals surface area (Å²) >= 11 is 0. The summed E-state index contributed by atoms with van der Waals surface area (Å²) in [4.78, 5) is 4.41. The van der Waals surface area contributed by atoms with Gasteiger partial charge in [0.15, 0.2) is 5.75 Å². The molecule has 0 saturated carbocycles. The normalized spacial score (nSPS) is 12.3. The van der Waals surface area contributed by atoms with Crippen molar-refractivity contribution in [3.63, 3.8) is 0 Å². The van der Waals surface area contributed by atoms with E-state index in [9.17, 15) is 0 Å². The number of fused-ring (bicyclic) bond motifs is 1. The van der Waals surface area contributed by atoms with Crippen LogP contribution in [0.4, 0.5) is 0 Å². The summed E-state index contributed by atoms with van der Waals surface area (Å²) in [5.41, 5.74) is 2.08. The van der Waals surface area contributed by atoms with Gasteiger partial charge >= 0.3 is 0 Å². The van der Waals surface area contributed by atoms with Crippen molar-refractivity contribution < 1.29 is 4.74 Å². The Bertz CT molecular complexity index is 750. The molecule has 0 bridgehead atoms. The van der Waals surface area contributed by atoms with Gasteiger partial charge in [-0.1, -0.05) is 30.3 Å². The van der Waals surface area contributed by atoms with Gasteiger partial charge in [-0.25, -0.2) is 0 Å². The van der Waals surface area contributed by atoms with Gasteiger partial charge in [-0.05, 0) is 43.8 Å². The van der Waals surface area contributed by atoms with Gasteiger partial charge in [0.05, 0.1) is 0 Å². The first-order valence-corrected chi connectivity index (χ1v) is 7.07. The molecule has 3 rings (SSSR count). The van der Waals surface area contributed by atoms with E-state index in [1.54, 1.807) is 6.20 Å². The fraction of sp³-hybridized carbons (Fsp3) is 0.167. The number of benzene rings is 2. The van der Waals surface area contributed by atoms with Crippen LogP contribution in [0.1, 0.15) is 18.5 Å². The third-order valence-corrected chi connectivity index (χ3v) is 3.61. The maximum absolute atomic E-state index is 6.04. The molecule has 1 heterocycles. The Kier molecular flexibility index (Phi) is 3.84. The van der Waals surface area contributed by atoms with Crippen LogP contribution in [-0.2, 0) is 0 Å². The smallest absolute Gasteiger partial charge is 0.153 e.